The fourth-order valence-electron chi connectivity index (χ4n) is 3.48. The predicted octanol–water partition coefficient (Wildman–Crippen LogP) is 3.65. The fourth-order valence-corrected chi connectivity index (χ4v) is 3.48. The number of nitrogens with zero attached hydrogens (tertiary/aromatic N) is 2. The van der Waals surface area contributed by atoms with Gasteiger partial charge in [0.25, 0.3) is 5.91 Å². The number of ether oxygens (including phenoxy) is 1. The Balaban J connectivity index is 1.73. The molecule has 0 aliphatic carbocycles. The monoisotopic (exact) mass is 398 g/mol. The van der Waals surface area contributed by atoms with Crippen molar-refractivity contribution in [3.8, 4) is 0 Å². The third-order valence-corrected chi connectivity index (χ3v) is 5.22. The van der Waals surface area contributed by atoms with Crippen molar-refractivity contribution in [3.05, 3.63) is 59.5 Å². The number of carbonyl (C=O) groups is 2. The third-order valence-electron chi connectivity index (χ3n) is 5.22. The average molecular weight is 399 g/mol. The molecule has 1 aliphatic heterocycles. The number of amides is 2. The van der Waals surface area contributed by atoms with E-state index in [9.17, 15) is 9.59 Å². The Morgan fingerprint density at radius 1 is 1.17 bits per heavy atom. The van der Waals surface area contributed by atoms with Crippen molar-refractivity contribution in [2.24, 2.45) is 0 Å². The molecule has 0 unspecified atom stereocenters. The third kappa shape index (κ3) is 5.70. The molecule has 1 aromatic carbocycles. The molecular formula is C23H30N2O4. The Hall–Kier alpha value is -2.60. The summed E-state index contributed by atoms with van der Waals surface area (Å²) in [5.41, 5.74) is 1.68. The summed E-state index contributed by atoms with van der Waals surface area (Å²) in [5, 5.41) is 0. The zero-order chi connectivity index (χ0) is 20.8. The van der Waals surface area contributed by atoms with Crippen LogP contribution in [0, 0.1) is 6.92 Å². The number of carbonyl (C=O) groups excluding carboxylic acids is 2. The molecule has 156 valence electrons. The number of hydrogen-bond acceptors (Lipinski definition) is 4. The Morgan fingerprint density at radius 2 is 1.93 bits per heavy atom. The van der Waals surface area contributed by atoms with Crippen LogP contribution >= 0.6 is 0 Å². The molecule has 6 heteroatoms. The van der Waals surface area contributed by atoms with Gasteiger partial charge in [-0.1, -0.05) is 17.7 Å². The highest BCUT2D eigenvalue weighted by Gasteiger charge is 2.27. The largest absolute Gasteiger partial charge is 0.467 e. The molecule has 3 rings (SSSR count). The molecule has 0 spiro atoms. The first-order chi connectivity index (χ1) is 13.9. The predicted molar refractivity (Wildman–Crippen MR) is 110 cm³/mol. The summed E-state index contributed by atoms with van der Waals surface area (Å²) < 4.78 is 11.2. The Morgan fingerprint density at radius 3 is 2.52 bits per heavy atom. The normalized spacial score (nSPS) is 16.2. The highest BCUT2D eigenvalue weighted by molar-refractivity contribution is 5.96. The summed E-state index contributed by atoms with van der Waals surface area (Å²) in [7, 11) is 0. The smallest absolute Gasteiger partial charge is 0.254 e. The van der Waals surface area contributed by atoms with Crippen molar-refractivity contribution < 1.29 is 18.7 Å². The molecule has 1 aliphatic rings. The molecule has 1 saturated heterocycles. The summed E-state index contributed by atoms with van der Waals surface area (Å²) >= 11 is 0. The molecule has 2 amide bonds. The first kappa shape index (κ1) is 21.1. The summed E-state index contributed by atoms with van der Waals surface area (Å²) in [5.74, 6) is 0.479. The van der Waals surface area contributed by atoms with Crippen molar-refractivity contribution >= 4 is 11.8 Å². The molecule has 29 heavy (non-hydrogen) atoms. The van der Waals surface area contributed by atoms with E-state index < -0.39 is 0 Å². The number of rotatable bonds is 8. The van der Waals surface area contributed by atoms with Gasteiger partial charge in [-0.15, -0.1) is 0 Å². The summed E-state index contributed by atoms with van der Waals surface area (Å²) in [6.45, 7) is 7.47. The van der Waals surface area contributed by atoms with Gasteiger partial charge in [-0.05, 0) is 57.9 Å². The van der Waals surface area contributed by atoms with Crippen LogP contribution in [0.3, 0.4) is 0 Å². The summed E-state index contributed by atoms with van der Waals surface area (Å²) in [4.78, 5) is 29.6. The van der Waals surface area contributed by atoms with Crippen LogP contribution in [0.2, 0.25) is 0 Å². The minimum Gasteiger partial charge on any atom is -0.467 e. The molecule has 1 atom stereocenters. The molecule has 0 bridgehead atoms. The van der Waals surface area contributed by atoms with Crippen LogP contribution in [0.1, 0.15) is 48.4 Å². The maximum atomic E-state index is 13.2. The lowest BCUT2D eigenvalue weighted by Crippen LogP contribution is -2.47. The van der Waals surface area contributed by atoms with Crippen LogP contribution in [0.25, 0.3) is 0 Å². The zero-order valence-corrected chi connectivity index (χ0v) is 17.5. The van der Waals surface area contributed by atoms with E-state index in [0.29, 0.717) is 18.7 Å². The zero-order valence-electron chi connectivity index (χ0n) is 17.5. The standard InChI is InChI=1S/C23H30N2O4/c1-17(2)25(23(27)19-10-8-18(3)9-11-19)16-22(26)24(14-20-6-4-12-28-20)15-21-7-5-13-29-21/h4,6,8-12,17,21H,5,7,13-16H2,1-3H3/t21-/m1/s1. The number of benzene rings is 1. The van der Waals surface area contributed by atoms with Crippen molar-refractivity contribution in [3.63, 3.8) is 0 Å². The highest BCUT2D eigenvalue weighted by Crippen LogP contribution is 2.17. The molecule has 0 N–H and O–H groups in total. The molecule has 1 aromatic heterocycles. The van der Waals surface area contributed by atoms with Gasteiger partial charge in [0.1, 0.15) is 12.3 Å². The Labute approximate surface area is 172 Å². The van der Waals surface area contributed by atoms with E-state index in [0.717, 1.165) is 30.8 Å². The lowest BCUT2D eigenvalue weighted by molar-refractivity contribution is -0.134. The fraction of sp³-hybridized carbons (Fsp3) is 0.478. The van der Waals surface area contributed by atoms with Gasteiger partial charge < -0.3 is 19.0 Å². The van der Waals surface area contributed by atoms with Crippen LogP contribution in [0.15, 0.2) is 47.1 Å². The van der Waals surface area contributed by atoms with Gasteiger partial charge in [-0.25, -0.2) is 0 Å². The highest BCUT2D eigenvalue weighted by atomic mass is 16.5. The quantitative estimate of drug-likeness (QED) is 0.681. The van der Waals surface area contributed by atoms with Gasteiger partial charge in [0.05, 0.1) is 18.9 Å². The van der Waals surface area contributed by atoms with Crippen LogP contribution in [0.4, 0.5) is 0 Å². The maximum Gasteiger partial charge on any atom is 0.254 e. The van der Waals surface area contributed by atoms with Gasteiger partial charge in [-0.2, -0.15) is 0 Å². The van der Waals surface area contributed by atoms with E-state index in [-0.39, 0.29) is 30.5 Å². The van der Waals surface area contributed by atoms with Crippen LogP contribution < -0.4 is 0 Å². The minimum atomic E-state index is -0.136. The lowest BCUT2D eigenvalue weighted by atomic mass is 10.1. The van der Waals surface area contributed by atoms with Gasteiger partial charge >= 0.3 is 0 Å². The lowest BCUT2D eigenvalue weighted by Gasteiger charge is -2.31. The minimum absolute atomic E-state index is 0.0256. The van der Waals surface area contributed by atoms with E-state index in [4.69, 9.17) is 9.15 Å². The summed E-state index contributed by atoms with van der Waals surface area (Å²) in [6.07, 6.45) is 3.59. The second-order valence-electron chi connectivity index (χ2n) is 7.88. The van der Waals surface area contributed by atoms with Gasteiger partial charge in [-0.3, -0.25) is 9.59 Å². The first-order valence-electron chi connectivity index (χ1n) is 10.2. The van der Waals surface area contributed by atoms with Crippen LogP contribution in [-0.4, -0.2) is 53.5 Å². The molecule has 1 fully saturated rings. The maximum absolute atomic E-state index is 13.2. The first-order valence-corrected chi connectivity index (χ1v) is 10.2. The second-order valence-corrected chi connectivity index (χ2v) is 7.88. The van der Waals surface area contributed by atoms with E-state index in [1.54, 1.807) is 16.1 Å². The van der Waals surface area contributed by atoms with Crippen LogP contribution in [0.5, 0.6) is 0 Å². The van der Waals surface area contributed by atoms with Gasteiger partial charge in [0.15, 0.2) is 0 Å². The molecule has 2 heterocycles. The molecule has 0 saturated carbocycles. The molecular weight excluding hydrogens is 368 g/mol. The van der Waals surface area contributed by atoms with E-state index in [1.807, 2.05) is 57.2 Å². The average Bonchev–Trinajstić information content (AvgIpc) is 3.39. The SMILES string of the molecule is Cc1ccc(C(=O)N(CC(=O)N(Cc2ccco2)C[C@H]2CCCO2)C(C)C)cc1. The molecule has 2 aromatic rings. The molecule has 0 radical (unpaired) electrons. The number of aryl methyl sites for hydroxylation is 1. The Kier molecular flexibility index (Phi) is 7.09. The molecule has 6 nitrogen and oxygen atoms in total. The van der Waals surface area contributed by atoms with Crippen molar-refractivity contribution in [2.75, 3.05) is 19.7 Å². The van der Waals surface area contributed by atoms with E-state index >= 15 is 0 Å². The van der Waals surface area contributed by atoms with Crippen molar-refractivity contribution in [1.82, 2.24) is 9.80 Å². The second kappa shape index (κ2) is 9.74. The van der Waals surface area contributed by atoms with Gasteiger partial charge in [0, 0.05) is 24.8 Å². The van der Waals surface area contributed by atoms with E-state index in [2.05, 4.69) is 0 Å². The summed E-state index contributed by atoms with van der Waals surface area (Å²) in [6, 6.07) is 11.0. The van der Waals surface area contributed by atoms with Crippen LogP contribution in [-0.2, 0) is 16.1 Å². The Bertz CT molecular complexity index is 793. The van der Waals surface area contributed by atoms with Gasteiger partial charge in [0.2, 0.25) is 5.91 Å². The van der Waals surface area contributed by atoms with Crippen molar-refractivity contribution in [2.45, 2.75) is 52.3 Å². The van der Waals surface area contributed by atoms with Crippen molar-refractivity contribution in [1.29, 1.82) is 0 Å². The van der Waals surface area contributed by atoms with E-state index in [1.165, 1.54) is 0 Å². The number of hydrogen-bond donors (Lipinski definition) is 0. The number of furan rings is 1. The topological polar surface area (TPSA) is 63.0 Å².